The number of methoxy groups -OCH3 is 1. The molecule has 0 spiro atoms. The number of piperidine rings is 1. The monoisotopic (exact) mass is 276 g/mol. The van der Waals surface area contributed by atoms with Crippen molar-refractivity contribution in [3.63, 3.8) is 0 Å². The molecule has 1 fully saturated rings. The van der Waals surface area contributed by atoms with Crippen molar-refractivity contribution in [2.75, 3.05) is 26.7 Å². The van der Waals surface area contributed by atoms with E-state index in [4.69, 9.17) is 4.74 Å². The summed E-state index contributed by atoms with van der Waals surface area (Å²) in [6.45, 7) is 5.19. The van der Waals surface area contributed by atoms with Crippen LogP contribution in [-0.2, 0) is 11.3 Å². The van der Waals surface area contributed by atoms with Gasteiger partial charge in [0.2, 0.25) is 5.91 Å². The van der Waals surface area contributed by atoms with Gasteiger partial charge >= 0.3 is 0 Å². The standard InChI is InChI=1S/C16H24N2O2/c1-13-7-9-18(10-8-13)16(19)12-17-11-14-3-5-15(20-2)6-4-14/h3-6,13,17H,7-12H2,1-2H3. The van der Waals surface area contributed by atoms with Crippen molar-refractivity contribution in [3.8, 4) is 5.75 Å². The predicted molar refractivity (Wildman–Crippen MR) is 79.7 cm³/mol. The fourth-order valence-corrected chi connectivity index (χ4v) is 2.43. The lowest BCUT2D eigenvalue weighted by molar-refractivity contribution is -0.131. The van der Waals surface area contributed by atoms with E-state index in [2.05, 4.69) is 12.2 Å². The van der Waals surface area contributed by atoms with Crippen LogP contribution < -0.4 is 10.1 Å². The quantitative estimate of drug-likeness (QED) is 0.895. The van der Waals surface area contributed by atoms with Gasteiger partial charge in [-0.25, -0.2) is 0 Å². The lowest BCUT2D eigenvalue weighted by Gasteiger charge is -2.30. The second kappa shape index (κ2) is 7.29. The average molecular weight is 276 g/mol. The normalized spacial score (nSPS) is 16.2. The van der Waals surface area contributed by atoms with E-state index in [1.54, 1.807) is 7.11 Å². The van der Waals surface area contributed by atoms with Gasteiger partial charge in [-0.2, -0.15) is 0 Å². The molecule has 0 bridgehead atoms. The molecule has 4 heteroatoms. The third-order valence-electron chi connectivity index (χ3n) is 3.90. The number of hydrogen-bond acceptors (Lipinski definition) is 3. The van der Waals surface area contributed by atoms with Crippen molar-refractivity contribution >= 4 is 5.91 Å². The van der Waals surface area contributed by atoms with Crippen LogP contribution >= 0.6 is 0 Å². The first-order valence-corrected chi connectivity index (χ1v) is 7.30. The van der Waals surface area contributed by atoms with Crippen molar-refractivity contribution < 1.29 is 9.53 Å². The average Bonchev–Trinajstić information content (AvgIpc) is 2.48. The molecule has 1 aromatic rings. The number of ether oxygens (including phenoxy) is 1. The Morgan fingerprint density at radius 2 is 1.95 bits per heavy atom. The van der Waals surface area contributed by atoms with Gasteiger partial charge < -0.3 is 15.0 Å². The first-order valence-electron chi connectivity index (χ1n) is 7.30. The van der Waals surface area contributed by atoms with Gasteiger partial charge in [-0.1, -0.05) is 19.1 Å². The van der Waals surface area contributed by atoms with E-state index in [9.17, 15) is 4.79 Å². The van der Waals surface area contributed by atoms with Crippen LogP contribution in [0, 0.1) is 5.92 Å². The third-order valence-corrected chi connectivity index (χ3v) is 3.90. The summed E-state index contributed by atoms with van der Waals surface area (Å²) in [7, 11) is 1.66. The zero-order valence-corrected chi connectivity index (χ0v) is 12.4. The molecule has 1 heterocycles. The number of benzene rings is 1. The molecule has 0 unspecified atom stereocenters. The molecule has 0 aromatic heterocycles. The van der Waals surface area contributed by atoms with E-state index < -0.39 is 0 Å². The highest BCUT2D eigenvalue weighted by atomic mass is 16.5. The molecular formula is C16H24N2O2. The molecule has 0 saturated carbocycles. The van der Waals surface area contributed by atoms with E-state index in [1.165, 1.54) is 0 Å². The molecule has 1 N–H and O–H groups in total. The Balaban J connectivity index is 1.70. The van der Waals surface area contributed by atoms with E-state index in [-0.39, 0.29) is 5.91 Å². The number of amides is 1. The Morgan fingerprint density at radius 1 is 1.30 bits per heavy atom. The molecule has 4 nitrogen and oxygen atoms in total. The van der Waals surface area contributed by atoms with Gasteiger partial charge in [0.1, 0.15) is 5.75 Å². The van der Waals surface area contributed by atoms with E-state index in [0.717, 1.165) is 43.2 Å². The Kier molecular flexibility index (Phi) is 5.41. The molecule has 0 aliphatic carbocycles. The molecule has 0 radical (unpaired) electrons. The summed E-state index contributed by atoms with van der Waals surface area (Å²) in [6, 6.07) is 7.90. The first-order chi connectivity index (χ1) is 9.69. The summed E-state index contributed by atoms with van der Waals surface area (Å²) in [5.41, 5.74) is 1.16. The smallest absolute Gasteiger partial charge is 0.236 e. The predicted octanol–water partition coefficient (Wildman–Crippen LogP) is 2.04. The Labute approximate surface area is 121 Å². The molecule has 1 amide bonds. The van der Waals surface area contributed by atoms with Crippen molar-refractivity contribution in [1.82, 2.24) is 10.2 Å². The van der Waals surface area contributed by atoms with Gasteiger partial charge in [-0.05, 0) is 36.5 Å². The van der Waals surface area contributed by atoms with E-state index in [1.807, 2.05) is 29.2 Å². The van der Waals surface area contributed by atoms with Crippen molar-refractivity contribution in [1.29, 1.82) is 0 Å². The first kappa shape index (κ1) is 14.9. The van der Waals surface area contributed by atoms with Gasteiger partial charge in [0.05, 0.1) is 13.7 Å². The molecule has 1 aliphatic rings. The minimum atomic E-state index is 0.213. The molecule has 1 aliphatic heterocycles. The summed E-state index contributed by atoms with van der Waals surface area (Å²) in [5, 5.41) is 3.22. The van der Waals surface area contributed by atoms with Crippen molar-refractivity contribution in [2.24, 2.45) is 5.92 Å². The molecule has 1 saturated heterocycles. The highest BCUT2D eigenvalue weighted by molar-refractivity contribution is 5.78. The summed E-state index contributed by atoms with van der Waals surface area (Å²) in [5.74, 6) is 1.82. The summed E-state index contributed by atoms with van der Waals surface area (Å²) >= 11 is 0. The number of carbonyl (C=O) groups excluding carboxylic acids is 1. The van der Waals surface area contributed by atoms with Crippen LogP contribution in [0.2, 0.25) is 0 Å². The Bertz CT molecular complexity index is 423. The number of likely N-dealkylation sites (tertiary alicyclic amines) is 1. The number of rotatable bonds is 5. The lowest BCUT2D eigenvalue weighted by Crippen LogP contribution is -2.42. The third kappa shape index (κ3) is 4.23. The zero-order valence-electron chi connectivity index (χ0n) is 12.4. The number of nitrogens with zero attached hydrogens (tertiary/aromatic N) is 1. The maximum absolute atomic E-state index is 12.0. The summed E-state index contributed by atoms with van der Waals surface area (Å²) in [6.07, 6.45) is 2.26. The van der Waals surface area contributed by atoms with Crippen LogP contribution in [-0.4, -0.2) is 37.6 Å². The van der Waals surface area contributed by atoms with Gasteiger partial charge in [0.25, 0.3) is 0 Å². The SMILES string of the molecule is COc1ccc(CNCC(=O)N2CCC(C)CC2)cc1. The van der Waals surface area contributed by atoms with Gasteiger partial charge in [-0.3, -0.25) is 4.79 Å². The summed E-state index contributed by atoms with van der Waals surface area (Å²) < 4.78 is 5.12. The highest BCUT2D eigenvalue weighted by Crippen LogP contribution is 2.15. The van der Waals surface area contributed by atoms with Crippen LogP contribution in [0.25, 0.3) is 0 Å². The van der Waals surface area contributed by atoms with Crippen LogP contribution in [0.5, 0.6) is 5.75 Å². The van der Waals surface area contributed by atoms with Crippen LogP contribution in [0.3, 0.4) is 0 Å². The molecule has 0 atom stereocenters. The van der Waals surface area contributed by atoms with E-state index in [0.29, 0.717) is 13.1 Å². The van der Waals surface area contributed by atoms with Gasteiger partial charge in [0.15, 0.2) is 0 Å². The number of nitrogens with one attached hydrogen (secondary N) is 1. The minimum Gasteiger partial charge on any atom is -0.497 e. The lowest BCUT2D eigenvalue weighted by atomic mass is 9.99. The fourth-order valence-electron chi connectivity index (χ4n) is 2.43. The van der Waals surface area contributed by atoms with Crippen molar-refractivity contribution in [3.05, 3.63) is 29.8 Å². The van der Waals surface area contributed by atoms with Crippen LogP contribution in [0.1, 0.15) is 25.3 Å². The molecule has 1 aromatic carbocycles. The Hall–Kier alpha value is -1.55. The number of carbonyl (C=O) groups is 1. The zero-order chi connectivity index (χ0) is 14.4. The maximum Gasteiger partial charge on any atom is 0.236 e. The topological polar surface area (TPSA) is 41.6 Å². The van der Waals surface area contributed by atoms with Gasteiger partial charge in [0, 0.05) is 19.6 Å². The van der Waals surface area contributed by atoms with Crippen LogP contribution in [0.15, 0.2) is 24.3 Å². The van der Waals surface area contributed by atoms with Crippen molar-refractivity contribution in [2.45, 2.75) is 26.3 Å². The fraction of sp³-hybridized carbons (Fsp3) is 0.562. The maximum atomic E-state index is 12.0. The number of hydrogen-bond donors (Lipinski definition) is 1. The minimum absolute atomic E-state index is 0.213. The molecule has 110 valence electrons. The second-order valence-electron chi connectivity index (χ2n) is 5.51. The Morgan fingerprint density at radius 3 is 2.55 bits per heavy atom. The molecule has 2 rings (SSSR count). The molecular weight excluding hydrogens is 252 g/mol. The highest BCUT2D eigenvalue weighted by Gasteiger charge is 2.19. The largest absolute Gasteiger partial charge is 0.497 e. The van der Waals surface area contributed by atoms with E-state index >= 15 is 0 Å². The van der Waals surface area contributed by atoms with Crippen LogP contribution in [0.4, 0.5) is 0 Å². The molecule has 20 heavy (non-hydrogen) atoms. The second-order valence-corrected chi connectivity index (χ2v) is 5.51. The summed E-state index contributed by atoms with van der Waals surface area (Å²) in [4.78, 5) is 14.0. The van der Waals surface area contributed by atoms with Gasteiger partial charge in [-0.15, -0.1) is 0 Å².